The topological polar surface area (TPSA) is 29.6 Å². The third-order valence-electron chi connectivity index (χ3n) is 5.40. The van der Waals surface area contributed by atoms with Crippen molar-refractivity contribution < 1.29 is 8.78 Å². The zero-order chi connectivity index (χ0) is 21.3. The number of hydrogen-bond donors (Lipinski definition) is 0. The van der Waals surface area contributed by atoms with Crippen LogP contribution in [0, 0.1) is 6.57 Å². The lowest BCUT2D eigenvalue weighted by Gasteiger charge is -2.14. The van der Waals surface area contributed by atoms with Gasteiger partial charge >= 0.3 is 0 Å². The van der Waals surface area contributed by atoms with Crippen LogP contribution in [0.4, 0.5) is 14.5 Å². The summed E-state index contributed by atoms with van der Waals surface area (Å²) in [6.45, 7) is 10.3. The number of benzene rings is 2. The van der Waals surface area contributed by atoms with Crippen LogP contribution < -0.4 is 5.56 Å². The Kier molecular flexibility index (Phi) is 5.23. The molecule has 1 aliphatic heterocycles. The monoisotopic (exact) mass is 405 g/mol. The molecule has 4 nitrogen and oxygen atoms in total. The van der Waals surface area contributed by atoms with Crippen LogP contribution in [0.5, 0.6) is 0 Å². The fourth-order valence-corrected chi connectivity index (χ4v) is 3.82. The third-order valence-corrected chi connectivity index (χ3v) is 5.40. The molecule has 0 aliphatic carbocycles. The highest BCUT2D eigenvalue weighted by atomic mass is 19.3. The molecule has 0 saturated heterocycles. The van der Waals surface area contributed by atoms with Crippen LogP contribution in [0.15, 0.2) is 65.6 Å². The van der Waals surface area contributed by atoms with Crippen molar-refractivity contribution in [1.29, 1.82) is 0 Å². The molecule has 0 bridgehead atoms. The van der Waals surface area contributed by atoms with Crippen molar-refractivity contribution in [3.8, 4) is 0 Å². The predicted molar refractivity (Wildman–Crippen MR) is 111 cm³/mol. The minimum absolute atomic E-state index is 0.0366. The first-order valence-electron chi connectivity index (χ1n) is 9.70. The standard InChI is InChI=1S/C24H21F2N3O/c1-24(25,26)20-8-6-17(7-9-20)14-29-11-10-19-15-28(16-22(19)23(29)30)13-18-4-3-5-21(12-18)27-2/h3-12H,13-16H2,1H3. The summed E-state index contributed by atoms with van der Waals surface area (Å²) >= 11 is 0. The van der Waals surface area contributed by atoms with E-state index in [2.05, 4.69) is 9.74 Å². The maximum atomic E-state index is 13.4. The van der Waals surface area contributed by atoms with Crippen LogP contribution in [0.2, 0.25) is 0 Å². The quantitative estimate of drug-likeness (QED) is 0.555. The normalized spacial score (nSPS) is 13.8. The van der Waals surface area contributed by atoms with Crippen LogP contribution >= 0.6 is 0 Å². The zero-order valence-corrected chi connectivity index (χ0v) is 16.6. The molecule has 0 saturated carbocycles. The van der Waals surface area contributed by atoms with Gasteiger partial charge in [0.1, 0.15) is 0 Å². The van der Waals surface area contributed by atoms with Crippen LogP contribution in [-0.4, -0.2) is 9.47 Å². The number of rotatable bonds is 5. The van der Waals surface area contributed by atoms with Gasteiger partial charge in [-0.05, 0) is 22.8 Å². The summed E-state index contributed by atoms with van der Waals surface area (Å²) in [5.74, 6) is -2.87. The fourth-order valence-electron chi connectivity index (χ4n) is 3.82. The van der Waals surface area contributed by atoms with Crippen molar-refractivity contribution in [3.63, 3.8) is 0 Å². The highest BCUT2D eigenvalue weighted by molar-refractivity contribution is 5.46. The molecule has 1 aliphatic rings. The van der Waals surface area contributed by atoms with Gasteiger partial charge in [0.05, 0.1) is 13.1 Å². The van der Waals surface area contributed by atoms with E-state index in [1.165, 1.54) is 12.1 Å². The molecule has 2 aromatic carbocycles. The van der Waals surface area contributed by atoms with Crippen molar-refractivity contribution in [2.75, 3.05) is 0 Å². The third kappa shape index (κ3) is 4.17. The number of nitrogens with zero attached hydrogens (tertiary/aromatic N) is 3. The SMILES string of the molecule is [C-]#[N+]c1cccc(CN2Cc3ccn(Cc4ccc(C(C)(F)F)cc4)c(=O)c3C2)c1. The van der Waals surface area contributed by atoms with Gasteiger partial charge in [0.25, 0.3) is 11.5 Å². The van der Waals surface area contributed by atoms with E-state index < -0.39 is 5.92 Å². The van der Waals surface area contributed by atoms with Crippen molar-refractivity contribution in [2.24, 2.45) is 0 Å². The average Bonchev–Trinajstić information content (AvgIpc) is 3.13. The molecule has 0 N–H and O–H groups in total. The molecule has 4 rings (SSSR count). The summed E-state index contributed by atoms with van der Waals surface area (Å²) in [5.41, 5.74) is 4.16. The van der Waals surface area contributed by atoms with Gasteiger partial charge in [-0.25, -0.2) is 13.6 Å². The summed E-state index contributed by atoms with van der Waals surface area (Å²) in [6.07, 6.45) is 1.77. The maximum Gasteiger partial charge on any atom is 0.270 e. The number of halogens is 2. The second-order valence-electron chi connectivity index (χ2n) is 7.76. The van der Waals surface area contributed by atoms with Crippen LogP contribution in [0.1, 0.15) is 34.7 Å². The second kappa shape index (κ2) is 7.85. The van der Waals surface area contributed by atoms with Gasteiger partial charge in [0.2, 0.25) is 0 Å². The molecule has 0 radical (unpaired) electrons. The highest BCUT2D eigenvalue weighted by Crippen LogP contribution is 2.27. The zero-order valence-electron chi connectivity index (χ0n) is 16.6. The molecule has 3 aromatic rings. The Morgan fingerprint density at radius 1 is 1.03 bits per heavy atom. The van der Waals surface area contributed by atoms with E-state index in [-0.39, 0.29) is 11.1 Å². The molecule has 152 valence electrons. The number of fused-ring (bicyclic) bond motifs is 1. The molecule has 0 fully saturated rings. The second-order valence-corrected chi connectivity index (χ2v) is 7.76. The number of aromatic nitrogens is 1. The van der Waals surface area contributed by atoms with Gasteiger partial charge in [0.15, 0.2) is 5.69 Å². The van der Waals surface area contributed by atoms with Gasteiger partial charge in [-0.3, -0.25) is 9.69 Å². The van der Waals surface area contributed by atoms with Crippen LogP contribution in [0.25, 0.3) is 4.85 Å². The summed E-state index contributed by atoms with van der Waals surface area (Å²) in [4.78, 5) is 18.6. The van der Waals surface area contributed by atoms with Crippen molar-refractivity contribution >= 4 is 5.69 Å². The smallest absolute Gasteiger partial charge is 0.270 e. The molecule has 0 atom stereocenters. The number of alkyl halides is 2. The lowest BCUT2D eigenvalue weighted by Crippen LogP contribution is -2.24. The lowest BCUT2D eigenvalue weighted by atomic mass is 10.1. The summed E-state index contributed by atoms with van der Waals surface area (Å²) in [6, 6.07) is 15.6. The first kappa shape index (κ1) is 20.0. The Labute approximate surface area is 173 Å². The van der Waals surface area contributed by atoms with Crippen LogP contribution in [0.3, 0.4) is 0 Å². The Morgan fingerprint density at radius 3 is 2.50 bits per heavy atom. The van der Waals surface area contributed by atoms with E-state index in [0.29, 0.717) is 31.9 Å². The Bertz CT molecular complexity index is 1170. The van der Waals surface area contributed by atoms with Gasteiger partial charge in [0, 0.05) is 43.9 Å². The molecule has 0 spiro atoms. The minimum Gasteiger partial charge on any atom is -0.311 e. The van der Waals surface area contributed by atoms with E-state index in [9.17, 15) is 13.6 Å². The van der Waals surface area contributed by atoms with E-state index in [1.807, 2.05) is 24.3 Å². The maximum absolute atomic E-state index is 13.4. The number of hydrogen-bond acceptors (Lipinski definition) is 2. The molecule has 2 heterocycles. The lowest BCUT2D eigenvalue weighted by molar-refractivity contribution is 0.0174. The molecule has 6 heteroatoms. The average molecular weight is 405 g/mol. The van der Waals surface area contributed by atoms with Crippen molar-refractivity contribution in [3.05, 3.63) is 110 Å². The Morgan fingerprint density at radius 2 is 1.80 bits per heavy atom. The van der Waals surface area contributed by atoms with Gasteiger partial charge in [-0.1, -0.05) is 48.5 Å². The predicted octanol–water partition coefficient (Wildman–Crippen LogP) is 5.07. The van der Waals surface area contributed by atoms with Gasteiger partial charge in [-0.15, -0.1) is 0 Å². The molecule has 0 amide bonds. The summed E-state index contributed by atoms with van der Waals surface area (Å²) in [5, 5.41) is 0. The highest BCUT2D eigenvalue weighted by Gasteiger charge is 2.24. The largest absolute Gasteiger partial charge is 0.311 e. The molecular weight excluding hydrogens is 384 g/mol. The van der Waals surface area contributed by atoms with E-state index in [0.717, 1.165) is 29.2 Å². The van der Waals surface area contributed by atoms with Crippen LogP contribution in [-0.2, 0) is 32.1 Å². The first-order chi connectivity index (χ1) is 14.3. The van der Waals surface area contributed by atoms with Crippen molar-refractivity contribution in [1.82, 2.24) is 9.47 Å². The Hall–Kier alpha value is -3.30. The van der Waals surface area contributed by atoms with Gasteiger partial charge in [-0.2, -0.15) is 0 Å². The summed E-state index contributed by atoms with van der Waals surface area (Å²) in [7, 11) is 0. The van der Waals surface area contributed by atoms with Crippen molar-refractivity contribution in [2.45, 2.75) is 39.0 Å². The molecule has 0 unspecified atom stereocenters. The molecule has 30 heavy (non-hydrogen) atoms. The summed E-state index contributed by atoms with van der Waals surface area (Å²) < 4.78 is 28.4. The molecular formula is C24H21F2N3O. The minimum atomic E-state index is -2.87. The van der Waals surface area contributed by atoms with E-state index in [1.54, 1.807) is 29.0 Å². The molecule has 1 aromatic heterocycles. The Balaban J connectivity index is 1.49. The van der Waals surface area contributed by atoms with E-state index in [4.69, 9.17) is 6.57 Å². The number of pyridine rings is 1. The first-order valence-corrected chi connectivity index (χ1v) is 9.70. The fraction of sp³-hybridized carbons (Fsp3) is 0.250. The van der Waals surface area contributed by atoms with Gasteiger partial charge < -0.3 is 4.57 Å². The van der Waals surface area contributed by atoms with E-state index >= 15 is 0 Å².